The van der Waals surface area contributed by atoms with E-state index in [2.05, 4.69) is 4.72 Å². The van der Waals surface area contributed by atoms with Gasteiger partial charge in [-0.1, -0.05) is 30.3 Å². The molecule has 1 rings (SSSR count). The summed E-state index contributed by atoms with van der Waals surface area (Å²) in [5.74, 6) is -6.33. The summed E-state index contributed by atoms with van der Waals surface area (Å²) in [6, 6.07) is 5.54. The normalized spacial score (nSPS) is 15.7. The van der Waals surface area contributed by atoms with Crippen molar-refractivity contribution in [3.63, 3.8) is 0 Å². The Morgan fingerprint density at radius 2 is 1.75 bits per heavy atom. The molecule has 112 valence electrons. The van der Waals surface area contributed by atoms with Crippen LogP contribution in [0.5, 0.6) is 0 Å². The number of carbonyl (C=O) groups is 1. The van der Waals surface area contributed by atoms with Gasteiger partial charge in [-0.05, 0) is 26.3 Å². The third-order valence-electron chi connectivity index (χ3n) is 2.56. The fraction of sp³-hybridized carbons (Fsp3) is 0.462. The van der Waals surface area contributed by atoms with Gasteiger partial charge >= 0.3 is 11.9 Å². The second-order valence-electron chi connectivity index (χ2n) is 5.27. The highest BCUT2D eigenvalue weighted by Crippen LogP contribution is 2.32. The zero-order valence-electron chi connectivity index (χ0n) is 11.4. The number of carboxylic acids is 1. The number of benzene rings is 1. The van der Waals surface area contributed by atoms with Crippen LogP contribution in [0.2, 0.25) is 0 Å². The molecule has 0 aliphatic rings. The lowest BCUT2D eigenvalue weighted by Gasteiger charge is -2.28. The van der Waals surface area contributed by atoms with E-state index in [4.69, 9.17) is 5.11 Å². The van der Waals surface area contributed by atoms with E-state index >= 15 is 0 Å². The van der Waals surface area contributed by atoms with Gasteiger partial charge in [0, 0.05) is 0 Å². The van der Waals surface area contributed by atoms with Crippen LogP contribution in [-0.2, 0) is 15.8 Å². The lowest BCUT2D eigenvalue weighted by atomic mass is 10.0. The molecule has 0 heterocycles. The Hall–Kier alpha value is -1.34. The first-order chi connectivity index (χ1) is 9.06. The fourth-order valence-corrected chi connectivity index (χ4v) is 2.26. The average molecular weight is 305 g/mol. The minimum Gasteiger partial charge on any atom is -0.477 e. The number of halogens is 2. The van der Waals surface area contributed by atoms with Crippen molar-refractivity contribution in [2.75, 3.05) is 0 Å². The largest absolute Gasteiger partial charge is 0.477 e. The molecule has 0 bridgehead atoms. The van der Waals surface area contributed by atoms with Gasteiger partial charge in [-0.3, -0.25) is 0 Å². The van der Waals surface area contributed by atoms with Gasteiger partial charge < -0.3 is 5.11 Å². The van der Waals surface area contributed by atoms with E-state index in [1.54, 1.807) is 26.8 Å². The summed E-state index contributed by atoms with van der Waals surface area (Å²) in [4.78, 5) is 10.8. The Labute approximate surface area is 118 Å². The summed E-state index contributed by atoms with van der Waals surface area (Å²) in [6.07, 6.45) is 0. The fourth-order valence-electron chi connectivity index (χ4n) is 1.40. The average Bonchev–Trinajstić information content (AvgIpc) is 2.35. The van der Waals surface area contributed by atoms with Crippen molar-refractivity contribution in [3.8, 4) is 0 Å². The second kappa shape index (κ2) is 5.97. The number of hydrogen-bond acceptors (Lipinski definition) is 2. The zero-order chi connectivity index (χ0) is 15.6. The van der Waals surface area contributed by atoms with Gasteiger partial charge in [0.2, 0.25) is 0 Å². The van der Waals surface area contributed by atoms with Crippen molar-refractivity contribution in [3.05, 3.63) is 35.9 Å². The van der Waals surface area contributed by atoms with Gasteiger partial charge in [0.1, 0.15) is 6.04 Å². The van der Waals surface area contributed by atoms with Crippen molar-refractivity contribution >= 4 is 17.0 Å². The van der Waals surface area contributed by atoms with Crippen LogP contribution in [0.3, 0.4) is 0 Å². The number of carboxylic acid groups (broad SMARTS) is 1. The highest BCUT2D eigenvalue weighted by Gasteiger charge is 2.49. The molecule has 0 aromatic heterocycles. The monoisotopic (exact) mass is 305 g/mol. The number of nitrogens with one attached hydrogen (secondary N) is 1. The van der Waals surface area contributed by atoms with Gasteiger partial charge in [-0.2, -0.15) is 8.78 Å². The Kier molecular flexibility index (Phi) is 4.99. The van der Waals surface area contributed by atoms with E-state index in [0.717, 1.165) is 0 Å². The SMILES string of the molecule is CC(C)(C)[S@](=O)N[C@H](c1ccccc1)C(F)(F)C(=O)O. The molecule has 2 N–H and O–H groups in total. The molecule has 2 atom stereocenters. The smallest absolute Gasteiger partial charge is 0.376 e. The zero-order valence-corrected chi connectivity index (χ0v) is 12.2. The molecular weight excluding hydrogens is 288 g/mol. The van der Waals surface area contributed by atoms with Crippen LogP contribution in [-0.4, -0.2) is 26.0 Å². The first-order valence-electron chi connectivity index (χ1n) is 5.91. The maximum Gasteiger partial charge on any atom is 0.376 e. The first-order valence-corrected chi connectivity index (χ1v) is 7.06. The number of hydrogen-bond donors (Lipinski definition) is 2. The van der Waals surface area contributed by atoms with Crippen molar-refractivity contribution in [1.82, 2.24) is 4.72 Å². The highest BCUT2D eigenvalue weighted by molar-refractivity contribution is 7.84. The van der Waals surface area contributed by atoms with Crippen LogP contribution in [0.25, 0.3) is 0 Å². The van der Waals surface area contributed by atoms with Gasteiger partial charge in [-0.15, -0.1) is 0 Å². The molecule has 0 unspecified atom stereocenters. The Morgan fingerprint density at radius 1 is 1.25 bits per heavy atom. The minimum atomic E-state index is -4.07. The summed E-state index contributed by atoms with van der Waals surface area (Å²) in [7, 11) is -1.82. The van der Waals surface area contributed by atoms with Crippen LogP contribution in [0.15, 0.2) is 30.3 Å². The summed E-state index contributed by atoms with van der Waals surface area (Å²) in [6.45, 7) is 4.82. The van der Waals surface area contributed by atoms with Gasteiger partial charge in [0.25, 0.3) is 0 Å². The maximum atomic E-state index is 13.8. The number of rotatable bonds is 5. The second-order valence-corrected chi connectivity index (χ2v) is 7.27. The topological polar surface area (TPSA) is 66.4 Å². The molecule has 0 saturated heterocycles. The van der Waals surface area contributed by atoms with Crippen LogP contribution >= 0.6 is 0 Å². The van der Waals surface area contributed by atoms with Crippen molar-refractivity contribution in [2.45, 2.75) is 37.5 Å². The summed E-state index contributed by atoms with van der Waals surface area (Å²) < 4.78 is 41.1. The van der Waals surface area contributed by atoms with Crippen molar-refractivity contribution < 1.29 is 22.9 Å². The van der Waals surface area contributed by atoms with E-state index in [0.29, 0.717) is 0 Å². The minimum absolute atomic E-state index is 0.0671. The van der Waals surface area contributed by atoms with Gasteiger partial charge in [0.05, 0.1) is 15.7 Å². The van der Waals surface area contributed by atoms with E-state index in [1.807, 2.05) is 0 Å². The molecule has 0 aliphatic heterocycles. The standard InChI is InChI=1S/C13H17F2NO3S/c1-12(2,3)20(19)16-10(13(14,15)11(17)18)9-7-5-4-6-8-9/h4-8,10,16H,1-3H3,(H,17,18)/t10-,20+/m1/s1. The molecule has 0 fully saturated rings. The van der Waals surface area contributed by atoms with Crippen LogP contribution in [0.1, 0.15) is 32.4 Å². The molecular formula is C13H17F2NO3S. The summed E-state index contributed by atoms with van der Waals surface area (Å²) >= 11 is 0. The van der Waals surface area contributed by atoms with Gasteiger partial charge in [-0.25, -0.2) is 13.7 Å². The predicted octanol–water partition coefficient (Wildman–Crippen LogP) is 2.50. The molecule has 1 aromatic rings. The molecule has 20 heavy (non-hydrogen) atoms. The Morgan fingerprint density at radius 3 is 2.15 bits per heavy atom. The number of aliphatic carboxylic acids is 1. The molecule has 0 aliphatic carbocycles. The van der Waals surface area contributed by atoms with Crippen molar-refractivity contribution in [1.29, 1.82) is 0 Å². The highest BCUT2D eigenvalue weighted by atomic mass is 32.2. The third kappa shape index (κ3) is 3.83. The van der Waals surface area contributed by atoms with E-state index < -0.39 is 33.7 Å². The molecule has 1 aromatic carbocycles. The molecule has 0 amide bonds. The lowest BCUT2D eigenvalue weighted by Crippen LogP contribution is -2.47. The summed E-state index contributed by atoms with van der Waals surface area (Å²) in [5.41, 5.74) is 0.0671. The van der Waals surface area contributed by atoms with Crippen LogP contribution in [0.4, 0.5) is 8.78 Å². The summed E-state index contributed by atoms with van der Waals surface area (Å²) in [5, 5.41) is 8.70. The Balaban J connectivity index is 3.17. The quantitative estimate of drug-likeness (QED) is 0.878. The molecule has 0 saturated carbocycles. The van der Waals surface area contributed by atoms with Crippen molar-refractivity contribution in [2.24, 2.45) is 0 Å². The molecule has 7 heteroatoms. The molecule has 0 spiro atoms. The predicted molar refractivity (Wildman–Crippen MR) is 72.8 cm³/mol. The van der Waals surface area contributed by atoms with Crippen LogP contribution in [0, 0.1) is 0 Å². The maximum absolute atomic E-state index is 13.8. The van der Waals surface area contributed by atoms with E-state index in [1.165, 1.54) is 24.3 Å². The molecule has 4 nitrogen and oxygen atoms in total. The van der Waals surface area contributed by atoms with E-state index in [9.17, 15) is 17.8 Å². The lowest BCUT2D eigenvalue weighted by molar-refractivity contribution is -0.168. The first kappa shape index (κ1) is 16.7. The number of alkyl halides is 2. The van der Waals surface area contributed by atoms with E-state index in [-0.39, 0.29) is 5.56 Å². The van der Waals surface area contributed by atoms with Crippen LogP contribution < -0.4 is 4.72 Å². The molecule has 0 radical (unpaired) electrons. The third-order valence-corrected chi connectivity index (χ3v) is 4.12. The van der Waals surface area contributed by atoms with Gasteiger partial charge in [0.15, 0.2) is 0 Å². The Bertz CT molecular complexity index is 500.